The van der Waals surface area contributed by atoms with E-state index in [9.17, 15) is 4.79 Å². The van der Waals surface area contributed by atoms with Crippen LogP contribution in [0.3, 0.4) is 0 Å². The van der Waals surface area contributed by atoms with Crippen molar-refractivity contribution in [3.63, 3.8) is 0 Å². The van der Waals surface area contributed by atoms with E-state index in [1.54, 1.807) is 17.3 Å². The second-order valence-electron chi connectivity index (χ2n) is 5.00. The zero-order valence-electron chi connectivity index (χ0n) is 10.9. The number of β-amino-alcohol motifs (C(OH)–C–C–N with tert-alkyl or cyclic N) is 2. The number of aliphatic hydroxyl groups excluding tert-OH is 1. The smallest absolute Gasteiger partial charge is 0.225 e. The molecule has 19 heavy (non-hydrogen) atoms. The fourth-order valence-electron chi connectivity index (χ4n) is 2.56. The number of aromatic nitrogens is 1. The molecule has 0 spiro atoms. The molecule has 0 saturated carbocycles. The number of carbonyl (C=O) groups is 1. The molecule has 1 fully saturated rings. The zero-order valence-corrected chi connectivity index (χ0v) is 10.9. The molecule has 0 bridgehead atoms. The Labute approximate surface area is 112 Å². The SMILES string of the molecule is O=C1[C@@H](CCc2ccncc2)CCCN1CC(O)O. The van der Waals surface area contributed by atoms with Gasteiger partial charge in [0.2, 0.25) is 5.91 Å². The van der Waals surface area contributed by atoms with Crippen LogP contribution in [0.4, 0.5) is 0 Å². The molecule has 1 atom stereocenters. The lowest BCUT2D eigenvalue weighted by atomic mass is 9.91. The number of aryl methyl sites for hydroxylation is 1. The molecule has 1 aliphatic heterocycles. The van der Waals surface area contributed by atoms with Gasteiger partial charge in [0, 0.05) is 24.9 Å². The first-order valence-electron chi connectivity index (χ1n) is 6.70. The molecule has 1 saturated heterocycles. The molecule has 5 heteroatoms. The Morgan fingerprint density at radius 1 is 1.37 bits per heavy atom. The van der Waals surface area contributed by atoms with Crippen molar-refractivity contribution in [2.24, 2.45) is 5.92 Å². The van der Waals surface area contributed by atoms with Crippen LogP contribution in [-0.2, 0) is 11.2 Å². The summed E-state index contributed by atoms with van der Waals surface area (Å²) in [6, 6.07) is 3.92. The van der Waals surface area contributed by atoms with E-state index < -0.39 is 6.29 Å². The summed E-state index contributed by atoms with van der Waals surface area (Å²) in [5.41, 5.74) is 1.18. The third kappa shape index (κ3) is 4.01. The molecule has 2 heterocycles. The first-order chi connectivity index (χ1) is 9.16. The number of aliphatic hydroxyl groups is 2. The average molecular weight is 264 g/mol. The van der Waals surface area contributed by atoms with Gasteiger partial charge in [0.05, 0.1) is 6.54 Å². The number of hydrogen-bond donors (Lipinski definition) is 2. The number of rotatable bonds is 5. The number of piperidine rings is 1. The lowest BCUT2D eigenvalue weighted by molar-refractivity contribution is -0.145. The van der Waals surface area contributed by atoms with Gasteiger partial charge < -0.3 is 15.1 Å². The minimum absolute atomic E-state index is 0.000616. The van der Waals surface area contributed by atoms with Crippen molar-refractivity contribution in [1.29, 1.82) is 0 Å². The van der Waals surface area contributed by atoms with E-state index in [2.05, 4.69) is 4.98 Å². The Hall–Kier alpha value is -1.46. The van der Waals surface area contributed by atoms with Crippen LogP contribution in [-0.4, -0.2) is 45.4 Å². The van der Waals surface area contributed by atoms with E-state index in [1.165, 1.54) is 5.56 Å². The maximum atomic E-state index is 12.2. The number of amides is 1. The van der Waals surface area contributed by atoms with Gasteiger partial charge >= 0.3 is 0 Å². The van der Waals surface area contributed by atoms with Crippen molar-refractivity contribution >= 4 is 5.91 Å². The van der Waals surface area contributed by atoms with E-state index >= 15 is 0 Å². The van der Waals surface area contributed by atoms with Crippen LogP contribution < -0.4 is 0 Å². The minimum atomic E-state index is -1.44. The van der Waals surface area contributed by atoms with Crippen LogP contribution in [0, 0.1) is 5.92 Å². The molecule has 1 amide bonds. The average Bonchev–Trinajstić information content (AvgIpc) is 2.40. The molecule has 5 nitrogen and oxygen atoms in total. The van der Waals surface area contributed by atoms with Crippen molar-refractivity contribution in [2.45, 2.75) is 32.0 Å². The number of likely N-dealkylation sites (tertiary alicyclic amines) is 1. The molecule has 2 N–H and O–H groups in total. The summed E-state index contributed by atoms with van der Waals surface area (Å²) in [5, 5.41) is 17.9. The Morgan fingerprint density at radius 2 is 2.11 bits per heavy atom. The highest BCUT2D eigenvalue weighted by atomic mass is 16.5. The van der Waals surface area contributed by atoms with Crippen LogP contribution in [0.15, 0.2) is 24.5 Å². The second-order valence-corrected chi connectivity index (χ2v) is 5.00. The minimum Gasteiger partial charge on any atom is -0.367 e. The Balaban J connectivity index is 1.87. The monoisotopic (exact) mass is 264 g/mol. The molecule has 0 unspecified atom stereocenters. The van der Waals surface area contributed by atoms with Gasteiger partial charge in [0.15, 0.2) is 6.29 Å². The molecule has 0 aromatic carbocycles. The third-order valence-corrected chi connectivity index (χ3v) is 3.56. The molecule has 2 rings (SSSR count). The van der Waals surface area contributed by atoms with Crippen molar-refractivity contribution in [2.75, 3.05) is 13.1 Å². The molecule has 1 aromatic heterocycles. The maximum absolute atomic E-state index is 12.2. The number of carbonyl (C=O) groups excluding carboxylic acids is 1. The number of pyridine rings is 1. The first kappa shape index (κ1) is 14.0. The summed E-state index contributed by atoms with van der Waals surface area (Å²) in [4.78, 5) is 17.7. The van der Waals surface area contributed by atoms with E-state index in [0.717, 1.165) is 25.7 Å². The highest BCUT2D eigenvalue weighted by Crippen LogP contribution is 2.22. The van der Waals surface area contributed by atoms with Crippen molar-refractivity contribution in [3.8, 4) is 0 Å². The van der Waals surface area contributed by atoms with Crippen LogP contribution in [0.1, 0.15) is 24.8 Å². The summed E-state index contributed by atoms with van der Waals surface area (Å²) in [6.45, 7) is 0.646. The standard InChI is InChI=1S/C14H20N2O3/c17-13(18)10-16-9-1-2-12(14(16)19)4-3-11-5-7-15-8-6-11/h5-8,12-13,17-18H,1-4,9-10H2/t12-/m1/s1. The van der Waals surface area contributed by atoms with Crippen molar-refractivity contribution in [3.05, 3.63) is 30.1 Å². The molecule has 0 aliphatic carbocycles. The summed E-state index contributed by atoms with van der Waals surface area (Å²) in [5.74, 6) is 0.0501. The van der Waals surface area contributed by atoms with Gasteiger partial charge in [0.1, 0.15) is 0 Å². The molecular weight excluding hydrogens is 244 g/mol. The van der Waals surface area contributed by atoms with Gasteiger partial charge in [-0.15, -0.1) is 0 Å². The topological polar surface area (TPSA) is 73.7 Å². The Morgan fingerprint density at radius 3 is 2.79 bits per heavy atom. The van der Waals surface area contributed by atoms with Gasteiger partial charge in [-0.3, -0.25) is 9.78 Å². The van der Waals surface area contributed by atoms with E-state index in [4.69, 9.17) is 10.2 Å². The second kappa shape index (κ2) is 6.63. The highest BCUT2D eigenvalue weighted by molar-refractivity contribution is 5.79. The molecule has 1 aromatic rings. The largest absolute Gasteiger partial charge is 0.367 e. The van der Waals surface area contributed by atoms with Crippen molar-refractivity contribution < 1.29 is 15.0 Å². The van der Waals surface area contributed by atoms with Gasteiger partial charge in [-0.1, -0.05) is 0 Å². The lowest BCUT2D eigenvalue weighted by Gasteiger charge is -2.32. The number of nitrogens with zero attached hydrogens (tertiary/aromatic N) is 2. The molecule has 104 valence electrons. The highest BCUT2D eigenvalue weighted by Gasteiger charge is 2.29. The lowest BCUT2D eigenvalue weighted by Crippen LogP contribution is -2.45. The van der Waals surface area contributed by atoms with E-state index in [0.29, 0.717) is 6.54 Å². The van der Waals surface area contributed by atoms with Crippen LogP contribution in [0.2, 0.25) is 0 Å². The fourth-order valence-corrected chi connectivity index (χ4v) is 2.56. The van der Waals surface area contributed by atoms with Gasteiger partial charge in [-0.05, 0) is 43.4 Å². The van der Waals surface area contributed by atoms with E-state index in [1.807, 2.05) is 12.1 Å². The molecule has 1 aliphatic rings. The summed E-state index contributed by atoms with van der Waals surface area (Å²) >= 11 is 0. The van der Waals surface area contributed by atoms with Gasteiger partial charge in [-0.25, -0.2) is 0 Å². The van der Waals surface area contributed by atoms with Crippen LogP contribution >= 0.6 is 0 Å². The number of hydrogen-bond acceptors (Lipinski definition) is 4. The summed E-state index contributed by atoms with van der Waals surface area (Å²) in [6.07, 6.45) is 5.55. The zero-order chi connectivity index (χ0) is 13.7. The summed E-state index contributed by atoms with van der Waals surface area (Å²) in [7, 11) is 0. The van der Waals surface area contributed by atoms with Gasteiger partial charge in [0.25, 0.3) is 0 Å². The summed E-state index contributed by atoms with van der Waals surface area (Å²) < 4.78 is 0. The first-order valence-corrected chi connectivity index (χ1v) is 6.70. The quantitative estimate of drug-likeness (QED) is 0.762. The Kier molecular flexibility index (Phi) is 4.87. The normalized spacial score (nSPS) is 20.1. The maximum Gasteiger partial charge on any atom is 0.225 e. The Bertz CT molecular complexity index is 408. The predicted octanol–water partition coefficient (Wildman–Crippen LogP) is 0.563. The molecular formula is C14H20N2O3. The van der Waals surface area contributed by atoms with Gasteiger partial charge in [-0.2, -0.15) is 0 Å². The fraction of sp³-hybridized carbons (Fsp3) is 0.571. The van der Waals surface area contributed by atoms with E-state index in [-0.39, 0.29) is 18.4 Å². The molecule has 0 radical (unpaired) electrons. The van der Waals surface area contributed by atoms with Crippen LogP contribution in [0.25, 0.3) is 0 Å². The predicted molar refractivity (Wildman–Crippen MR) is 70.1 cm³/mol. The van der Waals surface area contributed by atoms with Crippen molar-refractivity contribution in [1.82, 2.24) is 9.88 Å². The third-order valence-electron chi connectivity index (χ3n) is 3.56. The van der Waals surface area contributed by atoms with Crippen LogP contribution in [0.5, 0.6) is 0 Å².